The van der Waals surface area contributed by atoms with Crippen LogP contribution in [0.25, 0.3) is 66.1 Å². The minimum atomic E-state index is 0.581. The van der Waals surface area contributed by atoms with Crippen LogP contribution in [-0.2, 0) is 0 Å². The van der Waals surface area contributed by atoms with E-state index in [1.54, 1.807) is 0 Å². The van der Waals surface area contributed by atoms with Crippen molar-refractivity contribution >= 4 is 43.6 Å². The number of aryl methyl sites for hydroxylation is 4. The summed E-state index contributed by atoms with van der Waals surface area (Å²) in [5.74, 6) is 0. The highest BCUT2D eigenvalue weighted by atomic mass is 15.0. The van der Waals surface area contributed by atoms with Gasteiger partial charge in [-0.3, -0.25) is 0 Å². The quantitative estimate of drug-likeness (QED) is 0.206. The average Bonchev–Trinajstić information content (AvgIpc) is 3.61. The molecule has 0 amide bonds. The van der Waals surface area contributed by atoms with Crippen molar-refractivity contribution < 1.29 is 0 Å². The zero-order valence-corrected chi connectivity index (χ0v) is 26.2. The normalized spacial score (nSPS) is 11.4. The van der Waals surface area contributed by atoms with Crippen LogP contribution in [0.15, 0.2) is 109 Å². The van der Waals surface area contributed by atoms with Gasteiger partial charge in [0.1, 0.15) is 6.07 Å². The fraction of sp³-hybridized carbons (Fsp3) is 0.0952. The van der Waals surface area contributed by atoms with Crippen LogP contribution in [0.5, 0.6) is 0 Å². The van der Waals surface area contributed by atoms with E-state index in [1.807, 2.05) is 18.2 Å². The van der Waals surface area contributed by atoms with Gasteiger partial charge in [-0.1, -0.05) is 84.9 Å². The molecule has 0 aliphatic heterocycles. The number of aromatic nitrogens is 2. The fourth-order valence-corrected chi connectivity index (χ4v) is 7.42. The van der Waals surface area contributed by atoms with E-state index in [4.69, 9.17) is 0 Å². The first-order valence-electron chi connectivity index (χ1n) is 15.5. The van der Waals surface area contributed by atoms with Crippen molar-refractivity contribution in [1.29, 1.82) is 10.5 Å². The molecule has 4 heteroatoms. The molecule has 4 nitrogen and oxygen atoms in total. The summed E-state index contributed by atoms with van der Waals surface area (Å²) in [7, 11) is 0. The van der Waals surface area contributed by atoms with Gasteiger partial charge in [-0.25, -0.2) is 0 Å². The number of hydrogen-bond donors (Lipinski definition) is 0. The van der Waals surface area contributed by atoms with Crippen molar-refractivity contribution in [2.75, 3.05) is 0 Å². The van der Waals surface area contributed by atoms with Gasteiger partial charge in [-0.15, -0.1) is 0 Å². The minimum absolute atomic E-state index is 0.581. The maximum absolute atomic E-state index is 10.9. The van der Waals surface area contributed by atoms with Gasteiger partial charge in [0.25, 0.3) is 0 Å². The van der Waals surface area contributed by atoms with Gasteiger partial charge in [-0.05, 0) is 79.8 Å². The molecule has 0 aliphatic carbocycles. The first-order valence-corrected chi connectivity index (χ1v) is 15.5. The van der Waals surface area contributed by atoms with Crippen molar-refractivity contribution in [2.45, 2.75) is 27.7 Å². The maximum Gasteiger partial charge on any atom is 0.101 e. The lowest BCUT2D eigenvalue weighted by Crippen LogP contribution is -2.05. The number of benzene rings is 6. The molecule has 2 aromatic heterocycles. The lowest BCUT2D eigenvalue weighted by molar-refractivity contribution is 1.12. The van der Waals surface area contributed by atoms with Crippen molar-refractivity contribution in [2.24, 2.45) is 0 Å². The summed E-state index contributed by atoms with van der Waals surface area (Å²) in [6.07, 6.45) is 0. The molecule has 0 radical (unpaired) electrons. The van der Waals surface area contributed by atoms with Gasteiger partial charge in [0, 0.05) is 27.1 Å². The molecule has 8 rings (SSSR count). The Bertz CT molecular complexity index is 2530. The van der Waals surface area contributed by atoms with Crippen LogP contribution in [0.2, 0.25) is 0 Å². The summed E-state index contributed by atoms with van der Waals surface area (Å²) in [5, 5.41) is 25.5. The van der Waals surface area contributed by atoms with Crippen molar-refractivity contribution in [3.8, 4) is 34.6 Å². The Hall–Kier alpha value is -6.10. The Morgan fingerprint density at radius 3 is 1.33 bits per heavy atom. The van der Waals surface area contributed by atoms with Crippen molar-refractivity contribution in [3.05, 3.63) is 143 Å². The molecular formula is C42H30N4. The second-order valence-electron chi connectivity index (χ2n) is 12.2. The Morgan fingerprint density at radius 1 is 0.457 bits per heavy atom. The highest BCUT2D eigenvalue weighted by Gasteiger charge is 2.23. The number of fused-ring (bicyclic) bond motifs is 6. The van der Waals surface area contributed by atoms with Gasteiger partial charge >= 0.3 is 0 Å². The van der Waals surface area contributed by atoms with Crippen LogP contribution >= 0.6 is 0 Å². The summed E-state index contributed by atoms with van der Waals surface area (Å²) in [4.78, 5) is 0. The largest absolute Gasteiger partial charge is 0.308 e. The Morgan fingerprint density at radius 2 is 0.891 bits per heavy atom. The second kappa shape index (κ2) is 10.2. The molecular weight excluding hydrogens is 560 g/mol. The molecule has 6 aromatic carbocycles. The number of hydrogen-bond acceptors (Lipinski definition) is 2. The molecule has 8 aromatic rings. The smallest absolute Gasteiger partial charge is 0.101 e. The summed E-state index contributed by atoms with van der Waals surface area (Å²) in [6.45, 7) is 8.56. The van der Waals surface area contributed by atoms with E-state index in [1.165, 1.54) is 10.8 Å². The van der Waals surface area contributed by atoms with Crippen LogP contribution in [0, 0.1) is 50.4 Å². The maximum atomic E-state index is 10.9. The highest BCUT2D eigenvalue weighted by Crippen LogP contribution is 2.42. The SMILES string of the molecule is Cc1cccc2c3cccc(C)c3n(-c3cc(-c4cccc(C#N)c4)c(-n4c5c(C)cccc5c5cccc(C)c54)cc3C#N)c12. The molecule has 218 valence electrons. The number of nitriles is 2. The van der Waals surface area contributed by atoms with E-state index in [2.05, 4.69) is 140 Å². The van der Waals surface area contributed by atoms with Crippen LogP contribution in [-0.4, -0.2) is 9.13 Å². The molecule has 0 spiro atoms. The lowest BCUT2D eigenvalue weighted by atomic mass is 9.97. The summed E-state index contributed by atoms with van der Waals surface area (Å²) in [5.41, 5.74) is 13.8. The molecule has 46 heavy (non-hydrogen) atoms. The van der Waals surface area contributed by atoms with Gasteiger partial charge in [0.15, 0.2) is 0 Å². The molecule has 0 saturated heterocycles. The molecule has 0 saturated carbocycles. The molecule has 0 unspecified atom stereocenters. The van der Waals surface area contributed by atoms with E-state index in [0.717, 1.165) is 77.6 Å². The zero-order valence-electron chi connectivity index (χ0n) is 26.2. The minimum Gasteiger partial charge on any atom is -0.308 e. The number of para-hydroxylation sites is 4. The molecule has 0 N–H and O–H groups in total. The third kappa shape index (κ3) is 3.84. The van der Waals surface area contributed by atoms with E-state index in [0.29, 0.717) is 11.1 Å². The highest BCUT2D eigenvalue weighted by molar-refractivity contribution is 6.13. The first-order chi connectivity index (χ1) is 22.4. The third-order valence-electron chi connectivity index (χ3n) is 9.44. The second-order valence-corrected chi connectivity index (χ2v) is 12.2. The van der Waals surface area contributed by atoms with Crippen LogP contribution < -0.4 is 0 Å². The summed E-state index contributed by atoms with van der Waals surface area (Å²) in [6, 6.07) is 42.6. The molecule has 2 heterocycles. The summed E-state index contributed by atoms with van der Waals surface area (Å²) >= 11 is 0. The first kappa shape index (κ1) is 27.4. The predicted molar refractivity (Wildman–Crippen MR) is 189 cm³/mol. The summed E-state index contributed by atoms with van der Waals surface area (Å²) < 4.78 is 4.61. The van der Waals surface area contributed by atoms with Crippen molar-refractivity contribution in [1.82, 2.24) is 9.13 Å². The van der Waals surface area contributed by atoms with Gasteiger partial charge < -0.3 is 9.13 Å². The van der Waals surface area contributed by atoms with Crippen LogP contribution in [0.4, 0.5) is 0 Å². The van der Waals surface area contributed by atoms with E-state index in [-0.39, 0.29) is 0 Å². The molecule has 0 fully saturated rings. The molecule has 0 aliphatic rings. The fourth-order valence-electron chi connectivity index (χ4n) is 7.42. The van der Waals surface area contributed by atoms with E-state index >= 15 is 0 Å². The monoisotopic (exact) mass is 590 g/mol. The third-order valence-corrected chi connectivity index (χ3v) is 9.44. The Labute approximate surface area is 267 Å². The van der Waals surface area contributed by atoms with E-state index in [9.17, 15) is 10.5 Å². The molecule has 0 bridgehead atoms. The average molecular weight is 591 g/mol. The standard InChI is InChI=1S/C42H30N4/c1-25-10-5-16-32-33-17-6-11-26(2)40(33)45(39(25)32)37-22-36(30-15-9-14-29(20-30)23-43)38(21-31(37)24-44)46-41-27(3)12-7-18-34(41)35-19-8-13-28(4)42(35)46/h5-22H,1-4H3. The number of rotatable bonds is 3. The Balaban J connectivity index is 1.59. The van der Waals surface area contributed by atoms with Gasteiger partial charge in [-0.2, -0.15) is 10.5 Å². The predicted octanol–water partition coefficient (Wildman–Crippen LogP) is 10.5. The van der Waals surface area contributed by atoms with Crippen LogP contribution in [0.3, 0.4) is 0 Å². The van der Waals surface area contributed by atoms with E-state index < -0.39 is 0 Å². The van der Waals surface area contributed by atoms with Crippen molar-refractivity contribution in [3.63, 3.8) is 0 Å². The topological polar surface area (TPSA) is 57.4 Å². The van der Waals surface area contributed by atoms with Gasteiger partial charge in [0.2, 0.25) is 0 Å². The molecule has 0 atom stereocenters. The zero-order chi connectivity index (χ0) is 31.7. The van der Waals surface area contributed by atoms with Crippen LogP contribution in [0.1, 0.15) is 33.4 Å². The number of nitrogens with zero attached hydrogens (tertiary/aromatic N) is 4. The Kier molecular flexibility index (Phi) is 6.11. The lowest BCUT2D eigenvalue weighted by Gasteiger charge is -2.20. The van der Waals surface area contributed by atoms with Gasteiger partial charge in [0.05, 0.1) is 50.6 Å².